The summed E-state index contributed by atoms with van der Waals surface area (Å²) in [7, 11) is 1.30. The molecule has 0 aliphatic rings. The number of nitro benzene ring substituents is 1. The normalized spacial score (nSPS) is 9.69. The number of nitrogens with zero attached hydrogens (tertiary/aromatic N) is 1. The van der Waals surface area contributed by atoms with E-state index in [9.17, 15) is 14.5 Å². The highest BCUT2D eigenvalue weighted by Crippen LogP contribution is 2.29. The summed E-state index contributed by atoms with van der Waals surface area (Å²) in [5.74, 6) is -0.878. The molecule has 0 fully saturated rings. The molecular weight excluding hydrogens is 179 g/mol. The van der Waals surface area contributed by atoms with E-state index in [1.54, 1.807) is 0 Å². The van der Waals surface area contributed by atoms with Crippen molar-refractivity contribution in [2.75, 3.05) is 12.8 Å². The Labute approximate surface area is 73.1 Å². The SMILES string of the molecule is COc1cc([N+](=O)[O-])c(F)cc1N. The Balaban J connectivity index is 3.30. The molecule has 0 saturated carbocycles. The van der Waals surface area contributed by atoms with Crippen LogP contribution in [0.2, 0.25) is 0 Å². The van der Waals surface area contributed by atoms with Gasteiger partial charge in [0, 0.05) is 6.07 Å². The molecule has 0 unspecified atom stereocenters. The molecule has 70 valence electrons. The van der Waals surface area contributed by atoms with E-state index >= 15 is 0 Å². The van der Waals surface area contributed by atoms with Gasteiger partial charge in [0.25, 0.3) is 0 Å². The molecule has 0 aromatic heterocycles. The monoisotopic (exact) mass is 186 g/mol. The van der Waals surface area contributed by atoms with Crippen LogP contribution >= 0.6 is 0 Å². The van der Waals surface area contributed by atoms with E-state index in [1.165, 1.54) is 7.11 Å². The summed E-state index contributed by atoms with van der Waals surface area (Å²) in [6.45, 7) is 0. The standard InChI is InChI=1S/C7H7FN2O3/c1-13-7-3-6(10(11)12)4(8)2-5(7)9/h2-3H,9H2,1H3. The minimum Gasteiger partial charge on any atom is -0.494 e. The Morgan fingerprint density at radius 3 is 2.69 bits per heavy atom. The lowest BCUT2D eigenvalue weighted by molar-refractivity contribution is -0.387. The largest absolute Gasteiger partial charge is 0.494 e. The highest BCUT2D eigenvalue weighted by atomic mass is 19.1. The van der Waals surface area contributed by atoms with Crippen LogP contribution in [0.1, 0.15) is 0 Å². The first-order valence-electron chi connectivity index (χ1n) is 3.33. The predicted molar refractivity (Wildman–Crippen MR) is 44.0 cm³/mol. The van der Waals surface area contributed by atoms with Crippen molar-refractivity contribution in [2.45, 2.75) is 0 Å². The van der Waals surface area contributed by atoms with Crippen molar-refractivity contribution < 1.29 is 14.1 Å². The van der Waals surface area contributed by atoms with E-state index in [0.29, 0.717) is 0 Å². The summed E-state index contributed by atoms with van der Waals surface area (Å²) >= 11 is 0. The molecule has 0 aliphatic carbocycles. The Morgan fingerprint density at radius 1 is 1.62 bits per heavy atom. The van der Waals surface area contributed by atoms with E-state index < -0.39 is 16.4 Å². The topological polar surface area (TPSA) is 78.4 Å². The third-order valence-electron chi connectivity index (χ3n) is 1.50. The first kappa shape index (κ1) is 9.24. The molecule has 0 amide bonds. The molecule has 1 aromatic rings. The second-order valence-corrected chi connectivity index (χ2v) is 2.30. The number of halogens is 1. The first-order valence-corrected chi connectivity index (χ1v) is 3.33. The quantitative estimate of drug-likeness (QED) is 0.429. The van der Waals surface area contributed by atoms with Gasteiger partial charge in [-0.05, 0) is 0 Å². The summed E-state index contributed by atoms with van der Waals surface area (Å²) in [5, 5.41) is 10.3. The molecule has 0 atom stereocenters. The van der Waals surface area contributed by atoms with Crippen LogP contribution in [-0.4, -0.2) is 12.0 Å². The van der Waals surface area contributed by atoms with E-state index in [2.05, 4.69) is 0 Å². The highest BCUT2D eigenvalue weighted by molar-refractivity contribution is 5.58. The van der Waals surface area contributed by atoms with E-state index in [1.807, 2.05) is 0 Å². The van der Waals surface area contributed by atoms with Crippen LogP contribution in [0.5, 0.6) is 5.75 Å². The third-order valence-corrected chi connectivity index (χ3v) is 1.50. The van der Waals surface area contributed by atoms with Crippen LogP contribution in [0.15, 0.2) is 12.1 Å². The molecule has 0 bridgehead atoms. The van der Waals surface area contributed by atoms with Crippen molar-refractivity contribution in [3.8, 4) is 5.75 Å². The number of anilines is 1. The van der Waals surface area contributed by atoms with Crippen LogP contribution in [0.3, 0.4) is 0 Å². The number of benzene rings is 1. The number of rotatable bonds is 2. The number of methoxy groups -OCH3 is 1. The summed E-state index contributed by atoms with van der Waals surface area (Å²) in [6.07, 6.45) is 0. The Kier molecular flexibility index (Phi) is 2.32. The summed E-state index contributed by atoms with van der Waals surface area (Å²) in [6, 6.07) is 1.81. The van der Waals surface area contributed by atoms with Gasteiger partial charge in [-0.3, -0.25) is 10.1 Å². The lowest BCUT2D eigenvalue weighted by Crippen LogP contribution is -1.98. The molecule has 2 N–H and O–H groups in total. The fourth-order valence-electron chi connectivity index (χ4n) is 0.875. The molecule has 0 saturated heterocycles. The smallest absolute Gasteiger partial charge is 0.308 e. The molecule has 0 radical (unpaired) electrons. The lowest BCUT2D eigenvalue weighted by atomic mass is 10.2. The van der Waals surface area contributed by atoms with Gasteiger partial charge < -0.3 is 10.5 Å². The van der Waals surface area contributed by atoms with Gasteiger partial charge in [-0.25, -0.2) is 0 Å². The fourth-order valence-corrected chi connectivity index (χ4v) is 0.875. The summed E-state index contributed by atoms with van der Waals surface area (Å²) in [5.41, 5.74) is 4.70. The average molecular weight is 186 g/mol. The highest BCUT2D eigenvalue weighted by Gasteiger charge is 2.17. The van der Waals surface area contributed by atoms with Crippen LogP contribution < -0.4 is 10.5 Å². The maximum atomic E-state index is 12.8. The Morgan fingerprint density at radius 2 is 2.23 bits per heavy atom. The molecular formula is C7H7FN2O3. The van der Waals surface area contributed by atoms with Gasteiger partial charge in [0.2, 0.25) is 5.82 Å². The number of nitro groups is 1. The van der Waals surface area contributed by atoms with Gasteiger partial charge in [0.1, 0.15) is 5.75 Å². The number of hydrogen-bond donors (Lipinski definition) is 1. The zero-order chi connectivity index (χ0) is 10.0. The molecule has 6 heteroatoms. The van der Waals surface area contributed by atoms with Crippen molar-refractivity contribution in [2.24, 2.45) is 0 Å². The van der Waals surface area contributed by atoms with Crippen molar-refractivity contribution >= 4 is 11.4 Å². The van der Waals surface area contributed by atoms with Crippen LogP contribution in [0.25, 0.3) is 0 Å². The number of ether oxygens (including phenoxy) is 1. The van der Waals surface area contributed by atoms with Gasteiger partial charge in [0.05, 0.1) is 23.8 Å². The first-order chi connectivity index (χ1) is 6.06. The molecule has 0 heterocycles. The lowest BCUT2D eigenvalue weighted by Gasteiger charge is -2.03. The zero-order valence-corrected chi connectivity index (χ0v) is 6.78. The van der Waals surface area contributed by atoms with Crippen LogP contribution in [-0.2, 0) is 0 Å². The minimum absolute atomic E-state index is 0.0330. The maximum Gasteiger partial charge on any atom is 0.308 e. The predicted octanol–water partition coefficient (Wildman–Crippen LogP) is 1.32. The zero-order valence-electron chi connectivity index (χ0n) is 6.78. The maximum absolute atomic E-state index is 12.8. The molecule has 5 nitrogen and oxygen atoms in total. The van der Waals surface area contributed by atoms with Crippen molar-refractivity contribution in [3.63, 3.8) is 0 Å². The molecule has 13 heavy (non-hydrogen) atoms. The Hall–Kier alpha value is -1.85. The molecule has 1 rings (SSSR count). The van der Waals surface area contributed by atoms with Gasteiger partial charge >= 0.3 is 5.69 Å². The van der Waals surface area contributed by atoms with E-state index in [-0.39, 0.29) is 11.4 Å². The molecule has 1 aromatic carbocycles. The van der Waals surface area contributed by atoms with E-state index in [0.717, 1.165) is 12.1 Å². The van der Waals surface area contributed by atoms with Crippen LogP contribution in [0, 0.1) is 15.9 Å². The average Bonchev–Trinajstić information content (AvgIpc) is 2.03. The summed E-state index contributed by atoms with van der Waals surface area (Å²) in [4.78, 5) is 9.43. The van der Waals surface area contributed by atoms with Crippen LogP contribution in [0.4, 0.5) is 15.8 Å². The van der Waals surface area contributed by atoms with Crippen molar-refractivity contribution in [1.82, 2.24) is 0 Å². The number of hydrogen-bond acceptors (Lipinski definition) is 4. The third kappa shape index (κ3) is 1.66. The fraction of sp³-hybridized carbons (Fsp3) is 0.143. The van der Waals surface area contributed by atoms with Crippen molar-refractivity contribution in [3.05, 3.63) is 28.1 Å². The number of nitrogen functional groups attached to an aromatic ring is 1. The van der Waals surface area contributed by atoms with Gasteiger partial charge in [-0.15, -0.1) is 0 Å². The van der Waals surface area contributed by atoms with E-state index in [4.69, 9.17) is 10.5 Å². The second kappa shape index (κ2) is 3.26. The molecule has 0 aliphatic heterocycles. The van der Waals surface area contributed by atoms with Gasteiger partial charge in [-0.2, -0.15) is 4.39 Å². The van der Waals surface area contributed by atoms with Crippen molar-refractivity contribution in [1.29, 1.82) is 0 Å². The Bertz CT molecular complexity index is 354. The van der Waals surface area contributed by atoms with Gasteiger partial charge in [0.15, 0.2) is 0 Å². The second-order valence-electron chi connectivity index (χ2n) is 2.30. The minimum atomic E-state index is -0.969. The van der Waals surface area contributed by atoms with Gasteiger partial charge in [-0.1, -0.05) is 0 Å². The number of nitrogens with two attached hydrogens (primary N) is 1. The summed E-state index contributed by atoms with van der Waals surface area (Å²) < 4.78 is 17.5. The molecule has 0 spiro atoms.